The van der Waals surface area contributed by atoms with Gasteiger partial charge in [-0.2, -0.15) is 0 Å². The van der Waals surface area contributed by atoms with E-state index in [2.05, 4.69) is 28.7 Å². The van der Waals surface area contributed by atoms with Gasteiger partial charge in [0.2, 0.25) is 0 Å². The molecule has 1 fully saturated rings. The van der Waals surface area contributed by atoms with E-state index in [9.17, 15) is 4.79 Å². The smallest absolute Gasteiger partial charge is 0.310 e. The molecule has 2 unspecified atom stereocenters. The molecule has 2 rings (SSSR count). The molecule has 2 heterocycles. The van der Waals surface area contributed by atoms with E-state index in [-0.39, 0.29) is 17.8 Å². The monoisotopic (exact) mass is 251 g/mol. The largest absolute Gasteiger partial charge is 0.466 e. The standard InChI is InChI=1S/C13H21N3O2/c1-4-18-13(17)11-6-14-5-10(11)12-7-15-8-16(12)9(2)3/h7-11,14H,4-6H2,1-3H3. The summed E-state index contributed by atoms with van der Waals surface area (Å²) in [5.41, 5.74) is 1.12. The van der Waals surface area contributed by atoms with Gasteiger partial charge in [0.15, 0.2) is 0 Å². The predicted octanol–water partition coefficient (Wildman–Crippen LogP) is 1.33. The van der Waals surface area contributed by atoms with Crippen molar-refractivity contribution in [1.82, 2.24) is 14.9 Å². The third-order valence-corrected chi connectivity index (χ3v) is 3.44. The van der Waals surface area contributed by atoms with Gasteiger partial charge in [0.1, 0.15) is 0 Å². The molecule has 5 nitrogen and oxygen atoms in total. The van der Waals surface area contributed by atoms with Crippen LogP contribution in [0.1, 0.15) is 38.4 Å². The second-order valence-electron chi connectivity index (χ2n) is 4.94. The molecule has 2 atom stereocenters. The van der Waals surface area contributed by atoms with Gasteiger partial charge in [-0.1, -0.05) is 0 Å². The van der Waals surface area contributed by atoms with Gasteiger partial charge < -0.3 is 14.6 Å². The van der Waals surface area contributed by atoms with Crippen LogP contribution in [0.25, 0.3) is 0 Å². The van der Waals surface area contributed by atoms with Crippen LogP contribution < -0.4 is 5.32 Å². The molecule has 1 aliphatic rings. The minimum atomic E-state index is -0.107. The van der Waals surface area contributed by atoms with Crippen LogP contribution >= 0.6 is 0 Å². The fraction of sp³-hybridized carbons (Fsp3) is 0.692. The Morgan fingerprint density at radius 1 is 1.61 bits per heavy atom. The van der Waals surface area contributed by atoms with Crippen molar-refractivity contribution < 1.29 is 9.53 Å². The predicted molar refractivity (Wildman–Crippen MR) is 68.3 cm³/mol. The zero-order chi connectivity index (χ0) is 13.1. The van der Waals surface area contributed by atoms with E-state index >= 15 is 0 Å². The van der Waals surface area contributed by atoms with Crippen LogP contribution in [0, 0.1) is 5.92 Å². The molecule has 0 aliphatic carbocycles. The summed E-state index contributed by atoms with van der Waals surface area (Å²) < 4.78 is 7.27. The molecule has 1 saturated heterocycles. The number of carbonyl (C=O) groups is 1. The summed E-state index contributed by atoms with van der Waals surface area (Å²) in [4.78, 5) is 16.2. The van der Waals surface area contributed by atoms with Crippen molar-refractivity contribution in [1.29, 1.82) is 0 Å². The number of esters is 1. The number of hydrogen-bond acceptors (Lipinski definition) is 4. The number of nitrogens with one attached hydrogen (secondary N) is 1. The zero-order valence-electron chi connectivity index (χ0n) is 11.2. The highest BCUT2D eigenvalue weighted by Crippen LogP contribution is 2.30. The Bertz CT molecular complexity index is 414. The van der Waals surface area contributed by atoms with Crippen LogP contribution in [0.5, 0.6) is 0 Å². The Balaban J connectivity index is 2.20. The normalized spacial score (nSPS) is 23.6. The molecule has 1 aromatic rings. The number of imidazole rings is 1. The number of rotatable bonds is 4. The van der Waals surface area contributed by atoms with Crippen molar-refractivity contribution in [2.24, 2.45) is 5.92 Å². The molecule has 100 valence electrons. The van der Waals surface area contributed by atoms with E-state index < -0.39 is 0 Å². The van der Waals surface area contributed by atoms with Crippen molar-refractivity contribution in [3.05, 3.63) is 18.2 Å². The Hall–Kier alpha value is -1.36. The van der Waals surface area contributed by atoms with E-state index in [0.717, 1.165) is 12.2 Å². The molecule has 0 bridgehead atoms. The maximum atomic E-state index is 11.9. The maximum absolute atomic E-state index is 11.9. The van der Waals surface area contributed by atoms with Crippen LogP contribution in [0.4, 0.5) is 0 Å². The lowest BCUT2D eigenvalue weighted by atomic mass is 9.93. The highest BCUT2D eigenvalue weighted by atomic mass is 16.5. The fourth-order valence-electron chi connectivity index (χ4n) is 2.52. The van der Waals surface area contributed by atoms with Gasteiger partial charge in [0.05, 0.1) is 18.9 Å². The molecule has 1 aromatic heterocycles. The van der Waals surface area contributed by atoms with Crippen molar-refractivity contribution in [2.75, 3.05) is 19.7 Å². The lowest BCUT2D eigenvalue weighted by Crippen LogP contribution is -2.25. The molecule has 1 aliphatic heterocycles. The van der Waals surface area contributed by atoms with E-state index in [1.165, 1.54) is 0 Å². The molecule has 0 radical (unpaired) electrons. The SMILES string of the molecule is CCOC(=O)C1CNCC1c1cncn1C(C)C. The van der Waals surface area contributed by atoms with Gasteiger partial charge in [0, 0.05) is 36.9 Å². The van der Waals surface area contributed by atoms with Crippen LogP contribution in [0.15, 0.2) is 12.5 Å². The summed E-state index contributed by atoms with van der Waals surface area (Å²) in [6, 6.07) is 0.353. The van der Waals surface area contributed by atoms with E-state index in [4.69, 9.17) is 4.74 Å². The zero-order valence-corrected chi connectivity index (χ0v) is 11.2. The summed E-state index contributed by atoms with van der Waals surface area (Å²) in [5.74, 6) is -0.0443. The van der Waals surface area contributed by atoms with Gasteiger partial charge >= 0.3 is 5.97 Å². The minimum absolute atomic E-state index is 0.0980. The molecule has 1 N–H and O–H groups in total. The summed E-state index contributed by atoms with van der Waals surface area (Å²) in [6.45, 7) is 8.01. The van der Waals surface area contributed by atoms with Crippen LogP contribution in [0.2, 0.25) is 0 Å². The summed E-state index contributed by atoms with van der Waals surface area (Å²) in [5, 5.41) is 3.27. The number of nitrogens with zero attached hydrogens (tertiary/aromatic N) is 2. The van der Waals surface area contributed by atoms with E-state index in [1.54, 1.807) is 0 Å². The third kappa shape index (κ3) is 2.41. The molecule has 5 heteroatoms. The first-order valence-corrected chi connectivity index (χ1v) is 6.54. The molecular formula is C13H21N3O2. The minimum Gasteiger partial charge on any atom is -0.466 e. The average Bonchev–Trinajstić information content (AvgIpc) is 2.97. The average molecular weight is 251 g/mol. The van der Waals surface area contributed by atoms with Crippen LogP contribution in [0.3, 0.4) is 0 Å². The Morgan fingerprint density at radius 2 is 2.39 bits per heavy atom. The third-order valence-electron chi connectivity index (χ3n) is 3.44. The second-order valence-corrected chi connectivity index (χ2v) is 4.94. The van der Waals surface area contributed by atoms with Gasteiger partial charge in [-0.25, -0.2) is 4.98 Å². The maximum Gasteiger partial charge on any atom is 0.310 e. The van der Waals surface area contributed by atoms with Crippen molar-refractivity contribution in [3.63, 3.8) is 0 Å². The fourth-order valence-corrected chi connectivity index (χ4v) is 2.52. The van der Waals surface area contributed by atoms with Crippen molar-refractivity contribution in [2.45, 2.75) is 32.7 Å². The quantitative estimate of drug-likeness (QED) is 0.820. The van der Waals surface area contributed by atoms with Gasteiger partial charge in [-0.3, -0.25) is 4.79 Å². The summed E-state index contributed by atoms with van der Waals surface area (Å²) in [6.07, 6.45) is 3.70. The molecule has 18 heavy (non-hydrogen) atoms. The lowest BCUT2D eigenvalue weighted by Gasteiger charge is -2.20. The molecule has 0 spiro atoms. The van der Waals surface area contributed by atoms with E-state index in [0.29, 0.717) is 19.2 Å². The molecule has 0 amide bonds. The number of carbonyl (C=O) groups excluding carboxylic acids is 1. The van der Waals surface area contributed by atoms with Gasteiger partial charge in [-0.05, 0) is 20.8 Å². The first-order chi connectivity index (χ1) is 8.65. The lowest BCUT2D eigenvalue weighted by molar-refractivity contribution is -0.147. The van der Waals surface area contributed by atoms with E-state index in [1.807, 2.05) is 19.4 Å². The molecule has 0 aromatic carbocycles. The number of ether oxygens (including phenoxy) is 1. The molecular weight excluding hydrogens is 230 g/mol. The van der Waals surface area contributed by atoms with Gasteiger partial charge in [0.25, 0.3) is 0 Å². The van der Waals surface area contributed by atoms with Gasteiger partial charge in [-0.15, -0.1) is 0 Å². The van der Waals surface area contributed by atoms with Crippen LogP contribution in [-0.2, 0) is 9.53 Å². The highest BCUT2D eigenvalue weighted by molar-refractivity contribution is 5.74. The topological polar surface area (TPSA) is 56.1 Å². The van der Waals surface area contributed by atoms with Crippen molar-refractivity contribution >= 4 is 5.97 Å². The second kappa shape index (κ2) is 5.52. The first-order valence-electron chi connectivity index (χ1n) is 6.54. The van der Waals surface area contributed by atoms with Crippen LogP contribution in [-0.4, -0.2) is 35.2 Å². The number of aromatic nitrogens is 2. The Morgan fingerprint density at radius 3 is 3.06 bits per heavy atom. The highest BCUT2D eigenvalue weighted by Gasteiger charge is 2.36. The van der Waals surface area contributed by atoms with Crippen molar-refractivity contribution in [3.8, 4) is 0 Å². The summed E-state index contributed by atoms with van der Waals surface area (Å²) in [7, 11) is 0. The first kappa shape index (κ1) is 13.1. The number of hydrogen-bond donors (Lipinski definition) is 1. The summed E-state index contributed by atoms with van der Waals surface area (Å²) >= 11 is 0. The Kier molecular flexibility index (Phi) is 4.01. The molecule has 0 saturated carbocycles. The Labute approximate surface area is 108 Å².